The number of rotatable bonds is 5. The van der Waals surface area contributed by atoms with Crippen molar-refractivity contribution in [2.75, 3.05) is 0 Å². The molecule has 0 aliphatic heterocycles. The molecule has 1 atom stereocenters. The van der Waals surface area contributed by atoms with Crippen LogP contribution in [-0.2, 0) is 9.53 Å². The van der Waals surface area contributed by atoms with Gasteiger partial charge in [-0.15, -0.1) is 0 Å². The van der Waals surface area contributed by atoms with Crippen LogP contribution < -0.4 is 9.47 Å². The standard InChI is InChI=1S/C13H18O4/c1-9(2)15-11(4)17-13-7-5-12(6-8-13)16-10(3)14/h5-9,11H,1-4H3. The summed E-state index contributed by atoms with van der Waals surface area (Å²) in [4.78, 5) is 10.7. The summed E-state index contributed by atoms with van der Waals surface area (Å²) < 4.78 is 15.9. The van der Waals surface area contributed by atoms with E-state index in [-0.39, 0.29) is 18.4 Å². The van der Waals surface area contributed by atoms with Crippen molar-refractivity contribution in [3.8, 4) is 11.5 Å². The zero-order valence-electron chi connectivity index (χ0n) is 10.6. The van der Waals surface area contributed by atoms with Gasteiger partial charge in [0, 0.05) is 6.92 Å². The Morgan fingerprint density at radius 3 is 2.06 bits per heavy atom. The van der Waals surface area contributed by atoms with E-state index in [2.05, 4.69) is 0 Å². The summed E-state index contributed by atoms with van der Waals surface area (Å²) in [7, 11) is 0. The Hall–Kier alpha value is -1.55. The van der Waals surface area contributed by atoms with Gasteiger partial charge in [-0.2, -0.15) is 0 Å². The van der Waals surface area contributed by atoms with Crippen LogP contribution in [0.1, 0.15) is 27.7 Å². The van der Waals surface area contributed by atoms with Gasteiger partial charge >= 0.3 is 5.97 Å². The van der Waals surface area contributed by atoms with Crippen LogP contribution in [-0.4, -0.2) is 18.4 Å². The predicted octanol–water partition coefficient (Wildman–Crippen LogP) is 2.76. The maximum absolute atomic E-state index is 10.7. The van der Waals surface area contributed by atoms with Crippen LogP contribution in [0.3, 0.4) is 0 Å². The largest absolute Gasteiger partial charge is 0.465 e. The Kier molecular flexibility index (Phi) is 4.97. The Morgan fingerprint density at radius 2 is 1.59 bits per heavy atom. The summed E-state index contributed by atoms with van der Waals surface area (Å²) in [6.07, 6.45) is -0.195. The number of esters is 1. The molecule has 1 unspecified atom stereocenters. The average molecular weight is 238 g/mol. The average Bonchev–Trinajstić information content (AvgIpc) is 2.18. The van der Waals surface area contributed by atoms with Crippen LogP contribution in [0.4, 0.5) is 0 Å². The first kappa shape index (κ1) is 13.5. The summed E-state index contributed by atoms with van der Waals surface area (Å²) in [5, 5.41) is 0. The molecule has 0 aliphatic carbocycles. The van der Waals surface area contributed by atoms with Gasteiger partial charge in [-0.1, -0.05) is 0 Å². The van der Waals surface area contributed by atoms with E-state index in [0.29, 0.717) is 11.5 Å². The van der Waals surface area contributed by atoms with Crippen molar-refractivity contribution < 1.29 is 19.0 Å². The van der Waals surface area contributed by atoms with Crippen LogP contribution in [0.5, 0.6) is 11.5 Å². The van der Waals surface area contributed by atoms with E-state index in [4.69, 9.17) is 14.2 Å². The Labute approximate surface area is 101 Å². The smallest absolute Gasteiger partial charge is 0.308 e. The van der Waals surface area contributed by atoms with E-state index < -0.39 is 0 Å². The molecular weight excluding hydrogens is 220 g/mol. The monoisotopic (exact) mass is 238 g/mol. The molecule has 0 aliphatic rings. The molecule has 4 heteroatoms. The molecule has 4 nitrogen and oxygen atoms in total. The highest BCUT2D eigenvalue weighted by Gasteiger charge is 2.06. The molecule has 0 fully saturated rings. The summed E-state index contributed by atoms with van der Waals surface area (Å²) in [5.41, 5.74) is 0. The second kappa shape index (κ2) is 6.25. The van der Waals surface area contributed by atoms with Gasteiger partial charge in [0.2, 0.25) is 0 Å². The number of ether oxygens (including phenoxy) is 3. The molecule has 0 amide bonds. The van der Waals surface area contributed by atoms with Gasteiger partial charge in [-0.25, -0.2) is 0 Å². The quantitative estimate of drug-likeness (QED) is 0.449. The van der Waals surface area contributed by atoms with Gasteiger partial charge in [0.15, 0.2) is 6.29 Å². The van der Waals surface area contributed by atoms with E-state index >= 15 is 0 Å². The van der Waals surface area contributed by atoms with Crippen LogP contribution in [0.2, 0.25) is 0 Å². The second-order valence-corrected chi connectivity index (χ2v) is 3.94. The van der Waals surface area contributed by atoms with Crippen molar-refractivity contribution in [3.63, 3.8) is 0 Å². The first-order chi connectivity index (χ1) is 7.97. The Bertz CT molecular complexity index is 356. The maximum atomic E-state index is 10.7. The fourth-order valence-electron chi connectivity index (χ4n) is 1.35. The van der Waals surface area contributed by atoms with Crippen LogP contribution >= 0.6 is 0 Å². The fraction of sp³-hybridized carbons (Fsp3) is 0.462. The normalized spacial score (nSPS) is 12.3. The van der Waals surface area contributed by atoms with Gasteiger partial charge in [0.1, 0.15) is 11.5 Å². The topological polar surface area (TPSA) is 44.8 Å². The van der Waals surface area contributed by atoms with Crippen molar-refractivity contribution in [3.05, 3.63) is 24.3 Å². The third-order valence-corrected chi connectivity index (χ3v) is 1.85. The van der Waals surface area contributed by atoms with E-state index in [1.165, 1.54) is 6.92 Å². The van der Waals surface area contributed by atoms with Gasteiger partial charge in [0.05, 0.1) is 6.10 Å². The number of carbonyl (C=O) groups is 1. The lowest BCUT2D eigenvalue weighted by molar-refractivity contribution is -0.131. The summed E-state index contributed by atoms with van der Waals surface area (Å²) in [6.45, 7) is 7.09. The first-order valence-corrected chi connectivity index (χ1v) is 5.58. The summed E-state index contributed by atoms with van der Waals surface area (Å²) in [5.74, 6) is 0.839. The number of hydrogen-bond donors (Lipinski definition) is 0. The molecule has 0 heterocycles. The minimum atomic E-state index is -0.338. The zero-order valence-corrected chi connectivity index (χ0v) is 10.6. The van der Waals surface area contributed by atoms with Crippen LogP contribution in [0.15, 0.2) is 24.3 Å². The van der Waals surface area contributed by atoms with Crippen molar-refractivity contribution >= 4 is 5.97 Å². The molecule has 0 spiro atoms. The SMILES string of the molecule is CC(=O)Oc1ccc(OC(C)OC(C)C)cc1. The highest BCUT2D eigenvalue weighted by Crippen LogP contribution is 2.19. The lowest BCUT2D eigenvalue weighted by atomic mass is 10.3. The van der Waals surface area contributed by atoms with Gasteiger partial charge in [-0.05, 0) is 45.0 Å². The molecule has 0 saturated heterocycles. The number of carbonyl (C=O) groups excluding carboxylic acids is 1. The molecular formula is C13H18O4. The highest BCUT2D eigenvalue weighted by molar-refractivity contribution is 5.69. The van der Waals surface area contributed by atoms with Crippen molar-refractivity contribution in [1.29, 1.82) is 0 Å². The minimum absolute atomic E-state index is 0.116. The zero-order chi connectivity index (χ0) is 12.8. The molecule has 1 aromatic carbocycles. The second-order valence-electron chi connectivity index (χ2n) is 3.94. The fourth-order valence-corrected chi connectivity index (χ4v) is 1.35. The van der Waals surface area contributed by atoms with E-state index in [1.54, 1.807) is 24.3 Å². The van der Waals surface area contributed by atoms with E-state index in [0.717, 1.165) is 0 Å². The molecule has 17 heavy (non-hydrogen) atoms. The molecule has 94 valence electrons. The Balaban J connectivity index is 2.53. The molecule has 0 N–H and O–H groups in total. The number of benzene rings is 1. The molecule has 0 bridgehead atoms. The van der Waals surface area contributed by atoms with Gasteiger partial charge in [0.25, 0.3) is 0 Å². The van der Waals surface area contributed by atoms with Crippen molar-refractivity contribution in [2.45, 2.75) is 40.1 Å². The number of hydrogen-bond acceptors (Lipinski definition) is 4. The predicted molar refractivity (Wildman–Crippen MR) is 64.1 cm³/mol. The van der Waals surface area contributed by atoms with E-state index in [1.807, 2.05) is 20.8 Å². The third-order valence-electron chi connectivity index (χ3n) is 1.85. The van der Waals surface area contributed by atoms with Crippen molar-refractivity contribution in [2.24, 2.45) is 0 Å². The first-order valence-electron chi connectivity index (χ1n) is 5.58. The molecule has 1 aromatic rings. The Morgan fingerprint density at radius 1 is 1.06 bits per heavy atom. The van der Waals surface area contributed by atoms with Crippen LogP contribution in [0.25, 0.3) is 0 Å². The molecule has 0 aromatic heterocycles. The summed E-state index contributed by atoms with van der Waals surface area (Å²) >= 11 is 0. The molecule has 0 saturated carbocycles. The third kappa shape index (κ3) is 5.36. The summed E-state index contributed by atoms with van der Waals surface area (Å²) in [6, 6.07) is 6.83. The van der Waals surface area contributed by atoms with Crippen LogP contribution in [0, 0.1) is 0 Å². The molecule has 1 rings (SSSR count). The maximum Gasteiger partial charge on any atom is 0.308 e. The van der Waals surface area contributed by atoms with Gasteiger partial charge < -0.3 is 14.2 Å². The van der Waals surface area contributed by atoms with Crippen molar-refractivity contribution in [1.82, 2.24) is 0 Å². The van der Waals surface area contributed by atoms with E-state index in [9.17, 15) is 4.79 Å². The lowest BCUT2D eigenvalue weighted by Gasteiger charge is -2.17. The van der Waals surface area contributed by atoms with Gasteiger partial charge in [-0.3, -0.25) is 4.79 Å². The minimum Gasteiger partial charge on any atom is -0.465 e. The lowest BCUT2D eigenvalue weighted by Crippen LogP contribution is -2.20. The highest BCUT2D eigenvalue weighted by atomic mass is 16.7. The molecule has 0 radical (unpaired) electrons.